The third-order valence-corrected chi connectivity index (χ3v) is 17.1. The third kappa shape index (κ3) is 19.6. The van der Waals surface area contributed by atoms with Crippen LogP contribution in [0.4, 0.5) is 30.2 Å². The van der Waals surface area contributed by atoms with E-state index in [1.54, 1.807) is 99.5 Å². The van der Waals surface area contributed by atoms with Gasteiger partial charge in [0, 0.05) is 101 Å². The second-order valence-electron chi connectivity index (χ2n) is 24.1. The maximum atomic E-state index is 14.3. The number of nitro groups is 2. The summed E-state index contributed by atoms with van der Waals surface area (Å²) in [6.45, 7) is 1.59. The topological polar surface area (TPSA) is 265 Å². The highest BCUT2D eigenvalue weighted by Gasteiger charge is 2.21. The van der Waals surface area contributed by atoms with E-state index in [0.717, 1.165) is 51.4 Å². The fourth-order valence-electron chi connectivity index (χ4n) is 11.2. The van der Waals surface area contributed by atoms with E-state index in [0.29, 0.717) is 133 Å². The highest BCUT2D eigenvalue weighted by molar-refractivity contribution is 6.35. The number of nitrogen functional groups attached to an aromatic ring is 1. The monoisotopic (exact) mass is 1530 g/mol. The molecule has 0 amide bonds. The first kappa shape index (κ1) is 77.2. The van der Waals surface area contributed by atoms with Crippen LogP contribution in [0.15, 0.2) is 274 Å². The summed E-state index contributed by atoms with van der Waals surface area (Å²) in [7, 11) is 6.22. The van der Waals surface area contributed by atoms with Gasteiger partial charge in [0.2, 0.25) is 5.82 Å². The van der Waals surface area contributed by atoms with Crippen LogP contribution in [-0.4, -0.2) is 58.2 Å². The van der Waals surface area contributed by atoms with Crippen molar-refractivity contribution in [2.45, 2.75) is 26.4 Å². The van der Waals surface area contributed by atoms with Gasteiger partial charge in [-0.15, -0.1) is 0 Å². The van der Waals surface area contributed by atoms with E-state index in [4.69, 9.17) is 69.4 Å². The first-order valence-corrected chi connectivity index (χ1v) is 34.6. The number of methoxy groups -OCH3 is 4. The quantitative estimate of drug-likeness (QED) is 0.0335. The van der Waals surface area contributed by atoms with E-state index < -0.39 is 33.0 Å². The fourth-order valence-corrected chi connectivity index (χ4v) is 11.4. The van der Waals surface area contributed by atoms with Crippen molar-refractivity contribution < 1.29 is 75.1 Å². The van der Waals surface area contributed by atoms with Gasteiger partial charge in [-0.1, -0.05) is 133 Å². The van der Waals surface area contributed by atoms with Crippen LogP contribution in [0.25, 0.3) is 43.6 Å². The lowest BCUT2D eigenvalue weighted by Gasteiger charge is -2.14. The molecule has 15 rings (SSSR count). The number of nitrogens with two attached hydrogens (primary N) is 1. The molecule has 15 aromatic rings. The number of halogens is 4. The Kier molecular flexibility index (Phi) is 25.4. The first-order chi connectivity index (χ1) is 54.5. The van der Waals surface area contributed by atoms with Crippen molar-refractivity contribution in [3.8, 4) is 80.5 Å². The van der Waals surface area contributed by atoms with Crippen LogP contribution in [0, 0.1) is 37.7 Å². The number of ether oxygens (including phenoxy) is 11. The molecule has 0 atom stereocenters. The molecule has 0 fully saturated rings. The summed E-state index contributed by atoms with van der Waals surface area (Å²) in [5.41, 5.74) is 11.7. The molecule has 0 spiro atoms. The van der Waals surface area contributed by atoms with Gasteiger partial charge in [-0.3, -0.25) is 40.2 Å². The zero-order valence-corrected chi connectivity index (χ0v) is 61.0. The van der Waals surface area contributed by atoms with E-state index in [-0.39, 0.29) is 22.9 Å². The summed E-state index contributed by atoms with van der Waals surface area (Å²) in [5.74, 6) is 3.25. The van der Waals surface area contributed by atoms with Crippen molar-refractivity contribution in [1.82, 2.24) is 19.9 Å². The maximum absolute atomic E-state index is 14.3. The number of hydrogen-bond donors (Lipinski definition) is 1. The van der Waals surface area contributed by atoms with E-state index in [9.17, 15) is 33.4 Å². The van der Waals surface area contributed by atoms with Crippen molar-refractivity contribution in [1.29, 1.82) is 0 Å². The molecule has 4 heterocycles. The summed E-state index contributed by atoms with van der Waals surface area (Å²) < 4.78 is 105. The third-order valence-electron chi connectivity index (χ3n) is 16.7. The minimum atomic E-state index is -0.977. The van der Waals surface area contributed by atoms with Crippen LogP contribution in [0.2, 0.25) is 5.02 Å². The molecule has 0 aliphatic heterocycles. The summed E-state index contributed by atoms with van der Waals surface area (Å²) in [4.78, 5) is 37.5. The SMILES string of the molecule is COc1cc2c(Cl)ccnc2cc1OCc1ccccc1.COc1cc2c(Oc3ccc(N)cc3F)ccnc2cc1OCc1ccccc1.COc1cc2c(Oc3ccc([N+](=O)[O-])c(F)c3)ccnc2cc1OCc1ccccc1.COc1cc2c(Oc3ccc([N+](=O)[O-])cc3F)ccnc2cc1OCc1ccccc1. The van der Waals surface area contributed by atoms with Crippen LogP contribution in [0.1, 0.15) is 22.3 Å². The molecule has 0 aliphatic carbocycles. The normalized spacial score (nSPS) is 10.6. The molecule has 22 nitrogen and oxygen atoms in total. The second kappa shape index (κ2) is 36.9. The van der Waals surface area contributed by atoms with Crippen molar-refractivity contribution in [3.63, 3.8) is 0 Å². The number of nitro benzene ring substituents is 2. The largest absolute Gasteiger partial charge is 0.493 e. The van der Waals surface area contributed by atoms with Crippen LogP contribution in [0.3, 0.4) is 0 Å². The number of aromatic nitrogens is 4. The predicted octanol–water partition coefficient (Wildman–Crippen LogP) is 21.1. The van der Waals surface area contributed by atoms with Crippen LogP contribution >= 0.6 is 11.6 Å². The van der Waals surface area contributed by atoms with Crippen molar-refractivity contribution in [3.05, 3.63) is 338 Å². The molecule has 112 heavy (non-hydrogen) atoms. The molecule has 0 radical (unpaired) electrons. The molecule has 4 aromatic heterocycles. The van der Waals surface area contributed by atoms with E-state index in [1.807, 2.05) is 133 Å². The van der Waals surface area contributed by atoms with Gasteiger partial charge in [0.05, 0.1) is 71.4 Å². The van der Waals surface area contributed by atoms with Crippen molar-refractivity contribution >= 4 is 72.3 Å². The lowest BCUT2D eigenvalue weighted by atomic mass is 10.1. The molecule has 26 heteroatoms. The first-order valence-electron chi connectivity index (χ1n) is 34.2. The summed E-state index contributed by atoms with van der Waals surface area (Å²) in [6, 6.07) is 70.8. The molecular formula is C86H67ClF3N7O15. The Hall–Kier alpha value is -14.5. The standard InChI is InChI=1S/2C23H17FN2O5.C23H19FN2O3.C17H14ClNO2/c1-29-22-12-17-19(13-23(22)30-14-15-5-3-2-4-6-15)25-10-9-20(17)31-21-8-7-16(26(27)28)11-18(21)24;1-29-22-12-17-19(13-23(22)30-14-15-5-3-2-4-6-15)25-10-9-21(17)31-16-7-8-20(26(27)28)18(24)11-16;1-27-22-12-17-19(13-23(22)28-14-15-5-3-2-4-6-15)26-10-9-20(17)29-21-8-7-16(25)11-18(21)24;1-20-16-9-13-14(18)7-8-19-15(13)10-17(16)21-11-12-5-3-2-4-6-12/h2*2-13H,14H2,1H3;2-13H,14,25H2,1H3;2-10H,11H2,1H3. The number of anilines is 1. The van der Waals surface area contributed by atoms with Crippen LogP contribution in [0.5, 0.6) is 80.5 Å². The number of fused-ring (bicyclic) bond motifs is 4. The van der Waals surface area contributed by atoms with E-state index >= 15 is 0 Å². The summed E-state index contributed by atoms with van der Waals surface area (Å²) in [6.07, 6.45) is 6.35. The number of nitrogens with zero attached hydrogens (tertiary/aromatic N) is 6. The fraction of sp³-hybridized carbons (Fsp3) is 0.0930. The van der Waals surface area contributed by atoms with Crippen molar-refractivity contribution in [2.24, 2.45) is 0 Å². The Labute approximate surface area is 643 Å². The second-order valence-corrected chi connectivity index (χ2v) is 24.5. The van der Waals surface area contributed by atoms with Gasteiger partial charge < -0.3 is 57.8 Å². The number of hydrogen-bond acceptors (Lipinski definition) is 20. The van der Waals surface area contributed by atoms with Gasteiger partial charge in [-0.05, 0) is 95.1 Å². The van der Waals surface area contributed by atoms with Crippen LogP contribution < -0.4 is 57.8 Å². The number of non-ortho nitro benzene ring substituents is 1. The average Bonchev–Trinajstić information content (AvgIpc) is 0.809. The predicted molar refractivity (Wildman–Crippen MR) is 418 cm³/mol. The van der Waals surface area contributed by atoms with E-state index in [2.05, 4.69) is 19.9 Å². The molecule has 564 valence electrons. The highest BCUT2D eigenvalue weighted by Crippen LogP contribution is 2.43. The number of benzene rings is 11. The molecule has 0 unspecified atom stereocenters. The summed E-state index contributed by atoms with van der Waals surface area (Å²) in [5, 5.41) is 25.0. The molecule has 2 N–H and O–H groups in total. The zero-order chi connectivity index (χ0) is 78.5. The highest BCUT2D eigenvalue weighted by atomic mass is 35.5. The lowest BCUT2D eigenvalue weighted by molar-refractivity contribution is -0.387. The Bertz CT molecular complexity index is 5820. The smallest absolute Gasteiger partial charge is 0.305 e. The van der Waals surface area contributed by atoms with Gasteiger partial charge >= 0.3 is 5.69 Å². The molecule has 11 aromatic carbocycles. The van der Waals surface area contributed by atoms with E-state index in [1.165, 1.54) is 50.7 Å². The Morgan fingerprint density at radius 2 is 0.688 bits per heavy atom. The van der Waals surface area contributed by atoms with Gasteiger partial charge in [-0.25, -0.2) is 8.78 Å². The van der Waals surface area contributed by atoms with Gasteiger partial charge in [0.25, 0.3) is 5.69 Å². The Balaban J connectivity index is 0.000000140. The summed E-state index contributed by atoms with van der Waals surface area (Å²) >= 11 is 6.17. The lowest BCUT2D eigenvalue weighted by Crippen LogP contribution is -1.99. The van der Waals surface area contributed by atoms with Crippen molar-refractivity contribution in [2.75, 3.05) is 34.2 Å². The Morgan fingerprint density at radius 1 is 0.339 bits per heavy atom. The molecule has 0 saturated heterocycles. The van der Waals surface area contributed by atoms with Crippen LogP contribution in [-0.2, 0) is 26.4 Å². The molecular weight excluding hydrogens is 1460 g/mol. The van der Waals surface area contributed by atoms with Gasteiger partial charge in [0.1, 0.15) is 49.4 Å². The van der Waals surface area contributed by atoms with Gasteiger partial charge in [-0.2, -0.15) is 4.39 Å². The van der Waals surface area contributed by atoms with Gasteiger partial charge in [0.15, 0.2) is 69.1 Å². The minimum Gasteiger partial charge on any atom is -0.493 e. The molecule has 0 aliphatic rings. The molecule has 0 saturated carbocycles. The molecule has 0 bridgehead atoms. The maximum Gasteiger partial charge on any atom is 0.305 e. The number of rotatable bonds is 24. The zero-order valence-electron chi connectivity index (χ0n) is 60.2. The average molecular weight is 1530 g/mol. The minimum absolute atomic E-state index is 0.0788. The number of pyridine rings is 4. The Morgan fingerprint density at radius 3 is 1.04 bits per heavy atom.